The summed E-state index contributed by atoms with van der Waals surface area (Å²) in [5, 5.41) is 11.5. The van der Waals surface area contributed by atoms with E-state index in [1.807, 2.05) is 35.9 Å². The number of amides is 2. The highest BCUT2D eigenvalue weighted by atomic mass is 35.5. The van der Waals surface area contributed by atoms with Crippen molar-refractivity contribution in [2.45, 2.75) is 32.7 Å². The Labute approximate surface area is 172 Å². The molecule has 0 unspecified atom stereocenters. The molecule has 1 aliphatic rings. The summed E-state index contributed by atoms with van der Waals surface area (Å²) in [6, 6.07) is 10.7. The van der Waals surface area contributed by atoms with Crippen LogP contribution < -0.4 is 10.2 Å². The Hall–Kier alpha value is -3.13. The number of aryl methyl sites for hydroxylation is 2. The van der Waals surface area contributed by atoms with E-state index in [1.54, 1.807) is 17.0 Å². The molecule has 0 saturated heterocycles. The third-order valence-electron chi connectivity index (χ3n) is 4.70. The first-order valence-corrected chi connectivity index (χ1v) is 9.75. The van der Waals surface area contributed by atoms with Gasteiger partial charge in [-0.05, 0) is 19.4 Å². The number of hydrogen-bond acceptors (Lipinski definition) is 5. The molecule has 1 aromatic carbocycles. The average molecular weight is 414 g/mol. The largest absolute Gasteiger partial charge is 0.338 e. The summed E-state index contributed by atoms with van der Waals surface area (Å²) in [6.45, 7) is 3.33. The van der Waals surface area contributed by atoms with Gasteiger partial charge in [-0.15, -0.1) is 0 Å². The highest BCUT2D eigenvalue weighted by molar-refractivity contribution is 6.33. The molecule has 9 heteroatoms. The standard InChI is InChI=1S/C20H20ClN5O3/c1-13-11-19-25(9-4-10-26(19)23-13)20(28)8-7-17(27)22-18-12-16(24-29-18)14-5-2-3-6-15(14)21/h2-3,5-6,11-12H,4,7-10H2,1H3,(H,22,27). The fourth-order valence-corrected chi connectivity index (χ4v) is 3.58. The Bertz CT molecular complexity index is 1060. The lowest BCUT2D eigenvalue weighted by Crippen LogP contribution is -2.37. The molecule has 29 heavy (non-hydrogen) atoms. The molecule has 1 aliphatic heterocycles. The number of anilines is 2. The van der Waals surface area contributed by atoms with Crippen LogP contribution in [0.25, 0.3) is 11.3 Å². The van der Waals surface area contributed by atoms with E-state index in [0.29, 0.717) is 22.8 Å². The summed E-state index contributed by atoms with van der Waals surface area (Å²) in [5.41, 5.74) is 2.11. The Balaban J connectivity index is 1.34. The van der Waals surface area contributed by atoms with Crippen molar-refractivity contribution in [3.8, 4) is 11.3 Å². The Morgan fingerprint density at radius 2 is 2.03 bits per heavy atom. The number of nitrogens with zero attached hydrogens (tertiary/aromatic N) is 4. The van der Waals surface area contributed by atoms with E-state index >= 15 is 0 Å². The van der Waals surface area contributed by atoms with Crippen LogP contribution in [0.3, 0.4) is 0 Å². The van der Waals surface area contributed by atoms with E-state index < -0.39 is 0 Å². The van der Waals surface area contributed by atoms with Gasteiger partial charge >= 0.3 is 0 Å². The van der Waals surface area contributed by atoms with Crippen LogP contribution in [0, 0.1) is 6.92 Å². The van der Waals surface area contributed by atoms with Crippen molar-refractivity contribution in [2.24, 2.45) is 0 Å². The number of fused-ring (bicyclic) bond motifs is 1. The third kappa shape index (κ3) is 4.17. The number of benzene rings is 1. The molecule has 0 atom stereocenters. The quantitative estimate of drug-likeness (QED) is 0.689. The van der Waals surface area contributed by atoms with Gasteiger partial charge < -0.3 is 4.52 Å². The molecule has 8 nitrogen and oxygen atoms in total. The van der Waals surface area contributed by atoms with E-state index in [9.17, 15) is 9.59 Å². The van der Waals surface area contributed by atoms with E-state index in [-0.39, 0.29) is 30.5 Å². The maximum atomic E-state index is 12.6. The molecule has 0 radical (unpaired) electrons. The number of carbonyl (C=O) groups is 2. The second-order valence-electron chi connectivity index (χ2n) is 6.87. The van der Waals surface area contributed by atoms with Gasteiger partial charge in [0.25, 0.3) is 0 Å². The first-order valence-electron chi connectivity index (χ1n) is 9.37. The van der Waals surface area contributed by atoms with Gasteiger partial charge in [-0.1, -0.05) is 35.0 Å². The van der Waals surface area contributed by atoms with Crippen molar-refractivity contribution in [2.75, 3.05) is 16.8 Å². The zero-order valence-corrected chi connectivity index (χ0v) is 16.6. The Morgan fingerprint density at radius 1 is 1.21 bits per heavy atom. The van der Waals surface area contributed by atoms with E-state index in [2.05, 4.69) is 15.6 Å². The number of nitrogens with one attached hydrogen (secondary N) is 1. The average Bonchev–Trinajstić information content (AvgIpc) is 3.31. The van der Waals surface area contributed by atoms with Crippen LogP contribution >= 0.6 is 11.6 Å². The molecule has 3 heterocycles. The summed E-state index contributed by atoms with van der Waals surface area (Å²) < 4.78 is 7.00. The normalized spacial score (nSPS) is 13.2. The van der Waals surface area contributed by atoms with Gasteiger partial charge in [-0.25, -0.2) is 4.68 Å². The van der Waals surface area contributed by atoms with Crippen molar-refractivity contribution in [3.63, 3.8) is 0 Å². The molecule has 0 saturated carbocycles. The molecule has 0 bridgehead atoms. The highest BCUT2D eigenvalue weighted by Gasteiger charge is 2.24. The second-order valence-corrected chi connectivity index (χ2v) is 7.28. The van der Waals surface area contributed by atoms with Crippen LogP contribution in [0.4, 0.5) is 11.7 Å². The van der Waals surface area contributed by atoms with Gasteiger partial charge in [-0.3, -0.25) is 19.8 Å². The summed E-state index contributed by atoms with van der Waals surface area (Å²) in [6.07, 6.45) is 0.987. The van der Waals surface area contributed by atoms with Gasteiger partial charge in [0.05, 0.1) is 10.7 Å². The minimum atomic E-state index is -0.318. The predicted octanol–water partition coefficient (Wildman–Crippen LogP) is 3.66. The van der Waals surface area contributed by atoms with Gasteiger partial charge in [0.1, 0.15) is 11.5 Å². The third-order valence-corrected chi connectivity index (χ3v) is 5.03. The maximum absolute atomic E-state index is 12.6. The smallest absolute Gasteiger partial charge is 0.231 e. The first-order chi connectivity index (χ1) is 14.0. The molecule has 0 spiro atoms. The highest BCUT2D eigenvalue weighted by Crippen LogP contribution is 2.28. The van der Waals surface area contributed by atoms with Crippen molar-refractivity contribution in [1.29, 1.82) is 0 Å². The van der Waals surface area contributed by atoms with Crippen molar-refractivity contribution in [3.05, 3.63) is 47.1 Å². The molecular formula is C20H20ClN5O3. The van der Waals surface area contributed by atoms with E-state index in [4.69, 9.17) is 16.1 Å². The van der Waals surface area contributed by atoms with Crippen molar-refractivity contribution < 1.29 is 14.1 Å². The zero-order chi connectivity index (χ0) is 20.4. The van der Waals surface area contributed by atoms with E-state index in [1.165, 1.54) is 0 Å². The fraction of sp³-hybridized carbons (Fsp3) is 0.300. The van der Waals surface area contributed by atoms with Crippen LogP contribution in [0.5, 0.6) is 0 Å². The van der Waals surface area contributed by atoms with Crippen molar-refractivity contribution in [1.82, 2.24) is 14.9 Å². The minimum Gasteiger partial charge on any atom is -0.338 e. The topological polar surface area (TPSA) is 93.3 Å². The molecule has 3 aromatic rings. The number of rotatable bonds is 5. The lowest BCUT2D eigenvalue weighted by Gasteiger charge is -2.27. The lowest BCUT2D eigenvalue weighted by atomic mass is 10.1. The van der Waals surface area contributed by atoms with Crippen molar-refractivity contribution >= 4 is 35.1 Å². The number of hydrogen-bond donors (Lipinski definition) is 1. The van der Waals surface area contributed by atoms with Gasteiger partial charge in [-0.2, -0.15) is 5.10 Å². The maximum Gasteiger partial charge on any atom is 0.231 e. The molecule has 4 rings (SSSR count). The van der Waals surface area contributed by atoms with E-state index in [0.717, 1.165) is 24.5 Å². The lowest BCUT2D eigenvalue weighted by molar-refractivity contribution is -0.122. The molecule has 2 aromatic heterocycles. The monoisotopic (exact) mass is 413 g/mol. The molecule has 2 amide bonds. The molecule has 0 fully saturated rings. The molecule has 0 aliphatic carbocycles. The first kappa shape index (κ1) is 19.2. The zero-order valence-electron chi connectivity index (χ0n) is 15.9. The van der Waals surface area contributed by atoms with Crippen LogP contribution in [0.2, 0.25) is 5.02 Å². The number of aromatic nitrogens is 3. The molecule has 150 valence electrons. The van der Waals surface area contributed by atoms with Gasteiger partial charge in [0.15, 0.2) is 0 Å². The summed E-state index contributed by atoms with van der Waals surface area (Å²) in [5.74, 6) is 0.583. The van der Waals surface area contributed by atoms with Crippen LogP contribution in [-0.2, 0) is 16.1 Å². The molecule has 1 N–H and O–H groups in total. The Kier molecular flexibility index (Phi) is 5.35. The molecular weight excluding hydrogens is 394 g/mol. The summed E-state index contributed by atoms with van der Waals surface area (Å²) >= 11 is 6.15. The fourth-order valence-electron chi connectivity index (χ4n) is 3.34. The number of halogens is 1. The summed E-state index contributed by atoms with van der Waals surface area (Å²) in [7, 11) is 0. The van der Waals surface area contributed by atoms with Gasteiger partial charge in [0.2, 0.25) is 17.7 Å². The summed E-state index contributed by atoms with van der Waals surface area (Å²) in [4.78, 5) is 26.6. The number of carbonyl (C=O) groups excluding carboxylic acids is 2. The van der Waals surface area contributed by atoms with Gasteiger partial charge in [0, 0.05) is 43.6 Å². The van der Waals surface area contributed by atoms with Crippen LogP contribution in [0.15, 0.2) is 40.9 Å². The minimum absolute atomic E-state index is 0.0462. The van der Waals surface area contributed by atoms with Crippen LogP contribution in [0.1, 0.15) is 25.0 Å². The van der Waals surface area contributed by atoms with Crippen LogP contribution in [-0.4, -0.2) is 33.3 Å². The SMILES string of the molecule is Cc1cc2n(n1)CCCN2C(=O)CCC(=O)Nc1cc(-c2ccccc2Cl)no1. The second kappa shape index (κ2) is 8.08. The Morgan fingerprint density at radius 3 is 2.86 bits per heavy atom. The predicted molar refractivity (Wildman–Crippen MR) is 109 cm³/mol.